The molecular formula is C12H13Cl5N4OS. The van der Waals surface area contributed by atoms with Gasteiger partial charge in [0.1, 0.15) is 0 Å². The van der Waals surface area contributed by atoms with Crippen LogP contribution in [0.2, 0.25) is 10.0 Å². The van der Waals surface area contributed by atoms with Crippen LogP contribution in [0.1, 0.15) is 0 Å². The Morgan fingerprint density at radius 3 is 2.26 bits per heavy atom. The number of hydrogen-bond donors (Lipinski definition) is 3. The summed E-state index contributed by atoms with van der Waals surface area (Å²) in [5, 5.41) is 8.96. The van der Waals surface area contributed by atoms with Crippen molar-refractivity contribution in [3.8, 4) is 0 Å². The number of carbonyl (C=O) groups is 1. The molecule has 0 spiro atoms. The fraction of sp³-hybridized carbons (Fsp3) is 0.333. The number of hydrogen-bond acceptors (Lipinski definition) is 2. The summed E-state index contributed by atoms with van der Waals surface area (Å²) in [4.78, 5) is 13.0. The average Bonchev–Trinajstić information content (AvgIpc) is 2.40. The van der Waals surface area contributed by atoms with Gasteiger partial charge in [-0.05, 0) is 30.4 Å². The Kier molecular flexibility index (Phi) is 7.77. The largest absolute Gasteiger partial charge is 0.339 e. The van der Waals surface area contributed by atoms with Gasteiger partial charge >= 0.3 is 6.03 Å². The summed E-state index contributed by atoms with van der Waals surface area (Å²) in [5.41, 5.74) is 0.582. The van der Waals surface area contributed by atoms with Crippen LogP contribution in [0.25, 0.3) is 0 Å². The molecule has 0 radical (unpaired) electrons. The van der Waals surface area contributed by atoms with E-state index in [1.165, 1.54) is 4.90 Å². The minimum absolute atomic E-state index is 0.124. The summed E-state index contributed by atoms with van der Waals surface area (Å²) in [6, 6.07) is 4.41. The van der Waals surface area contributed by atoms with Crippen molar-refractivity contribution in [2.75, 3.05) is 19.4 Å². The lowest BCUT2D eigenvalue weighted by atomic mass is 10.3. The number of benzene rings is 1. The first-order valence-corrected chi connectivity index (χ1v) is 8.37. The molecule has 128 valence electrons. The molecule has 1 aromatic rings. The van der Waals surface area contributed by atoms with Crippen LogP contribution < -0.4 is 16.0 Å². The quantitative estimate of drug-likeness (QED) is 0.375. The second kappa shape index (κ2) is 8.65. The summed E-state index contributed by atoms with van der Waals surface area (Å²) in [6.45, 7) is 0. The van der Waals surface area contributed by atoms with Gasteiger partial charge in [-0.15, -0.1) is 0 Å². The third-order valence-corrected chi connectivity index (χ3v) is 4.07. The van der Waals surface area contributed by atoms with Crippen molar-refractivity contribution < 1.29 is 4.79 Å². The van der Waals surface area contributed by atoms with Gasteiger partial charge in [0, 0.05) is 19.8 Å². The molecule has 2 amide bonds. The maximum absolute atomic E-state index is 11.7. The molecule has 0 fully saturated rings. The molecule has 5 nitrogen and oxygen atoms in total. The minimum Gasteiger partial charge on any atom is -0.339 e. The predicted molar refractivity (Wildman–Crippen MR) is 102 cm³/mol. The van der Waals surface area contributed by atoms with E-state index in [0.717, 1.165) is 0 Å². The zero-order chi connectivity index (χ0) is 17.8. The maximum atomic E-state index is 11.7. The Morgan fingerprint density at radius 1 is 1.17 bits per heavy atom. The highest BCUT2D eigenvalue weighted by Crippen LogP contribution is 2.29. The number of thiocarbonyl (C=S) groups is 1. The number of amides is 2. The van der Waals surface area contributed by atoms with Gasteiger partial charge < -0.3 is 20.9 Å². The predicted octanol–water partition coefficient (Wildman–Crippen LogP) is 4.25. The van der Waals surface area contributed by atoms with Crippen molar-refractivity contribution in [1.29, 1.82) is 0 Å². The number of nitrogens with one attached hydrogen (secondary N) is 3. The highest BCUT2D eigenvalue weighted by Gasteiger charge is 2.35. The van der Waals surface area contributed by atoms with E-state index in [1.807, 2.05) is 0 Å². The Hall–Kier alpha value is -0.370. The topological polar surface area (TPSA) is 56.4 Å². The van der Waals surface area contributed by atoms with E-state index in [1.54, 1.807) is 32.3 Å². The normalized spacial score (nSPS) is 12.3. The first-order chi connectivity index (χ1) is 10.5. The van der Waals surface area contributed by atoms with Crippen LogP contribution in [-0.2, 0) is 0 Å². The monoisotopic (exact) mass is 436 g/mol. The highest BCUT2D eigenvalue weighted by atomic mass is 35.6. The molecule has 0 bridgehead atoms. The number of nitrogens with zero attached hydrogens (tertiary/aromatic N) is 1. The lowest BCUT2D eigenvalue weighted by Crippen LogP contribution is -2.57. The van der Waals surface area contributed by atoms with Crippen molar-refractivity contribution in [3.05, 3.63) is 28.2 Å². The van der Waals surface area contributed by atoms with Crippen molar-refractivity contribution in [2.45, 2.75) is 9.96 Å². The zero-order valence-corrected chi connectivity index (χ0v) is 16.6. The maximum Gasteiger partial charge on any atom is 0.318 e. The van der Waals surface area contributed by atoms with E-state index >= 15 is 0 Å². The van der Waals surface area contributed by atoms with Gasteiger partial charge in [-0.2, -0.15) is 0 Å². The molecule has 1 aromatic carbocycles. The standard InChI is InChI=1S/C12H13Cl5N4OS/c1-21(2)11(22)20-9(12(15,16)17)19-10(23)18-6-3-4-7(13)8(14)5-6/h3-5,9H,1-2H3,(H,20,22)(H2,18,19,23). The van der Waals surface area contributed by atoms with Crippen LogP contribution in [0.15, 0.2) is 18.2 Å². The summed E-state index contributed by atoms with van der Waals surface area (Å²) < 4.78 is -1.82. The van der Waals surface area contributed by atoms with Crippen LogP contribution in [0.3, 0.4) is 0 Å². The van der Waals surface area contributed by atoms with E-state index in [9.17, 15) is 4.79 Å². The third-order valence-electron chi connectivity index (χ3n) is 2.45. The average molecular weight is 439 g/mol. The molecule has 3 N–H and O–H groups in total. The fourth-order valence-electron chi connectivity index (χ4n) is 1.32. The van der Waals surface area contributed by atoms with E-state index in [0.29, 0.717) is 15.7 Å². The number of anilines is 1. The first-order valence-electron chi connectivity index (χ1n) is 6.08. The van der Waals surface area contributed by atoms with Gasteiger partial charge in [0.25, 0.3) is 0 Å². The van der Waals surface area contributed by atoms with Gasteiger partial charge in [-0.3, -0.25) is 0 Å². The van der Waals surface area contributed by atoms with Crippen molar-refractivity contribution in [2.24, 2.45) is 0 Å². The number of halogens is 5. The SMILES string of the molecule is CN(C)C(=O)NC(NC(=S)Nc1ccc(Cl)c(Cl)c1)C(Cl)(Cl)Cl. The molecule has 0 aliphatic carbocycles. The van der Waals surface area contributed by atoms with E-state index in [2.05, 4.69) is 16.0 Å². The molecule has 0 heterocycles. The lowest BCUT2D eigenvalue weighted by molar-refractivity contribution is 0.212. The Morgan fingerprint density at radius 2 is 1.78 bits per heavy atom. The Labute approximate surface area is 164 Å². The smallest absolute Gasteiger partial charge is 0.318 e. The van der Waals surface area contributed by atoms with Crippen molar-refractivity contribution >= 4 is 87.1 Å². The second-order valence-electron chi connectivity index (χ2n) is 4.55. The second-order valence-corrected chi connectivity index (χ2v) is 8.14. The Bertz CT molecular complexity index is 593. The highest BCUT2D eigenvalue weighted by molar-refractivity contribution is 7.80. The van der Waals surface area contributed by atoms with E-state index < -0.39 is 16.0 Å². The number of urea groups is 1. The molecule has 0 saturated heterocycles. The van der Waals surface area contributed by atoms with Crippen LogP contribution in [0.4, 0.5) is 10.5 Å². The fourth-order valence-corrected chi connectivity index (χ4v) is 2.19. The lowest BCUT2D eigenvalue weighted by Gasteiger charge is -2.28. The molecule has 0 aliphatic rings. The summed E-state index contributed by atoms with van der Waals surface area (Å²) in [7, 11) is 3.11. The van der Waals surface area contributed by atoms with Crippen molar-refractivity contribution in [1.82, 2.24) is 15.5 Å². The summed E-state index contributed by atoms with van der Waals surface area (Å²) >= 11 is 34.4. The van der Waals surface area contributed by atoms with Crippen LogP contribution in [-0.4, -0.2) is 40.1 Å². The third kappa shape index (κ3) is 6.95. The molecule has 23 heavy (non-hydrogen) atoms. The molecule has 1 atom stereocenters. The van der Waals surface area contributed by atoms with Gasteiger partial charge in [0.15, 0.2) is 11.3 Å². The number of alkyl halides is 3. The Balaban J connectivity index is 2.76. The molecule has 1 unspecified atom stereocenters. The van der Waals surface area contributed by atoms with E-state index in [-0.39, 0.29) is 5.11 Å². The van der Waals surface area contributed by atoms with Gasteiger partial charge in [-0.1, -0.05) is 58.0 Å². The zero-order valence-electron chi connectivity index (χ0n) is 12.0. The van der Waals surface area contributed by atoms with E-state index in [4.69, 9.17) is 70.2 Å². The number of rotatable bonds is 3. The molecule has 11 heteroatoms. The van der Waals surface area contributed by atoms with Crippen LogP contribution in [0.5, 0.6) is 0 Å². The van der Waals surface area contributed by atoms with Crippen LogP contribution >= 0.6 is 70.2 Å². The van der Waals surface area contributed by atoms with Crippen LogP contribution in [0, 0.1) is 0 Å². The van der Waals surface area contributed by atoms with Gasteiger partial charge in [0.05, 0.1) is 10.0 Å². The molecular weight excluding hydrogens is 425 g/mol. The van der Waals surface area contributed by atoms with Crippen molar-refractivity contribution in [3.63, 3.8) is 0 Å². The minimum atomic E-state index is -1.82. The molecule has 1 rings (SSSR count). The van der Waals surface area contributed by atoms with Gasteiger partial charge in [-0.25, -0.2) is 4.79 Å². The van der Waals surface area contributed by atoms with Gasteiger partial charge in [0.2, 0.25) is 3.79 Å². The molecule has 0 aromatic heterocycles. The molecule has 0 saturated carbocycles. The molecule has 0 aliphatic heterocycles. The first kappa shape index (κ1) is 20.7. The number of carbonyl (C=O) groups excluding carboxylic acids is 1. The summed E-state index contributed by atoms with van der Waals surface area (Å²) in [5.74, 6) is 0. The summed E-state index contributed by atoms with van der Waals surface area (Å²) in [6.07, 6.45) is -1.05.